The summed E-state index contributed by atoms with van der Waals surface area (Å²) in [5, 5.41) is 0. The van der Waals surface area contributed by atoms with Gasteiger partial charge >= 0.3 is 6.03 Å². The molecule has 124 valence electrons. The van der Waals surface area contributed by atoms with Crippen LogP contribution in [0.15, 0.2) is 24.3 Å². The molecule has 3 unspecified atom stereocenters. The highest BCUT2D eigenvalue weighted by molar-refractivity contribution is 5.94. The molecular formula is C18H24N2O3. The lowest BCUT2D eigenvalue weighted by atomic mass is 9.88. The third kappa shape index (κ3) is 2.62. The standard InChI is InChI=1S/C18H24N2O3/c1-22-14-6-7-17-16(12-14)20(10-11-23-17)18(21)19-9-8-13-4-2-3-5-15(13)19/h2-5,14,16-17H,6-12H2,1H3. The number of rotatable bonds is 1. The molecule has 0 bridgehead atoms. The molecule has 2 heterocycles. The molecule has 0 radical (unpaired) electrons. The average Bonchev–Trinajstić information content (AvgIpc) is 3.04. The van der Waals surface area contributed by atoms with Gasteiger partial charge in [0.2, 0.25) is 0 Å². The van der Waals surface area contributed by atoms with Crippen LogP contribution in [0.4, 0.5) is 10.5 Å². The van der Waals surface area contributed by atoms with E-state index in [-0.39, 0.29) is 24.3 Å². The van der Waals surface area contributed by atoms with E-state index in [1.165, 1.54) is 5.56 Å². The van der Waals surface area contributed by atoms with Crippen LogP contribution in [0.25, 0.3) is 0 Å². The van der Waals surface area contributed by atoms with Crippen molar-refractivity contribution in [2.24, 2.45) is 0 Å². The Morgan fingerprint density at radius 3 is 3.00 bits per heavy atom. The van der Waals surface area contributed by atoms with Gasteiger partial charge in [-0.15, -0.1) is 0 Å². The lowest BCUT2D eigenvalue weighted by Crippen LogP contribution is -2.59. The second-order valence-corrected chi connectivity index (χ2v) is 6.65. The minimum absolute atomic E-state index is 0.130. The summed E-state index contributed by atoms with van der Waals surface area (Å²) in [5.74, 6) is 0. The maximum Gasteiger partial charge on any atom is 0.324 e. The van der Waals surface area contributed by atoms with Crippen molar-refractivity contribution in [2.45, 2.75) is 43.9 Å². The molecule has 2 fully saturated rings. The zero-order valence-corrected chi connectivity index (χ0v) is 13.6. The number of nitrogens with zero attached hydrogens (tertiary/aromatic N) is 2. The van der Waals surface area contributed by atoms with Crippen LogP contribution in [0.5, 0.6) is 0 Å². The summed E-state index contributed by atoms with van der Waals surface area (Å²) in [5.41, 5.74) is 2.34. The van der Waals surface area contributed by atoms with E-state index in [4.69, 9.17) is 9.47 Å². The first-order valence-electron chi connectivity index (χ1n) is 8.58. The molecule has 1 aromatic carbocycles. The Labute approximate surface area is 137 Å². The van der Waals surface area contributed by atoms with E-state index in [9.17, 15) is 4.79 Å². The van der Waals surface area contributed by atoms with Gasteiger partial charge in [-0.3, -0.25) is 4.90 Å². The number of hydrogen-bond acceptors (Lipinski definition) is 3. The fourth-order valence-corrected chi connectivity index (χ4v) is 4.22. The van der Waals surface area contributed by atoms with Crippen molar-refractivity contribution in [3.63, 3.8) is 0 Å². The summed E-state index contributed by atoms with van der Waals surface area (Å²) in [6.07, 6.45) is 4.22. The quantitative estimate of drug-likeness (QED) is 0.799. The van der Waals surface area contributed by atoms with Gasteiger partial charge in [-0.05, 0) is 37.3 Å². The fourth-order valence-electron chi connectivity index (χ4n) is 4.22. The molecule has 23 heavy (non-hydrogen) atoms. The normalized spacial score (nSPS) is 30.0. The zero-order valence-electron chi connectivity index (χ0n) is 13.6. The van der Waals surface area contributed by atoms with Crippen LogP contribution in [0.2, 0.25) is 0 Å². The summed E-state index contributed by atoms with van der Waals surface area (Å²) in [7, 11) is 1.76. The lowest BCUT2D eigenvalue weighted by molar-refractivity contribution is -0.0976. The van der Waals surface area contributed by atoms with E-state index in [1.807, 2.05) is 21.9 Å². The highest BCUT2D eigenvalue weighted by atomic mass is 16.5. The van der Waals surface area contributed by atoms with Crippen LogP contribution in [-0.4, -0.2) is 56.0 Å². The molecule has 5 heteroatoms. The first kappa shape index (κ1) is 15.0. The van der Waals surface area contributed by atoms with Gasteiger partial charge in [-0.25, -0.2) is 4.79 Å². The largest absolute Gasteiger partial charge is 0.381 e. The highest BCUT2D eigenvalue weighted by Gasteiger charge is 2.42. The number of hydrogen-bond donors (Lipinski definition) is 0. The third-order valence-corrected chi connectivity index (χ3v) is 5.47. The molecule has 1 saturated carbocycles. The molecule has 4 rings (SSSR count). The number of benzene rings is 1. The van der Waals surface area contributed by atoms with Crippen molar-refractivity contribution >= 4 is 11.7 Å². The van der Waals surface area contributed by atoms with E-state index in [1.54, 1.807) is 7.11 Å². The van der Waals surface area contributed by atoms with Crippen molar-refractivity contribution in [1.29, 1.82) is 0 Å². The van der Waals surface area contributed by atoms with Crippen molar-refractivity contribution in [3.8, 4) is 0 Å². The van der Waals surface area contributed by atoms with Crippen LogP contribution < -0.4 is 4.90 Å². The number of fused-ring (bicyclic) bond motifs is 2. The van der Waals surface area contributed by atoms with Gasteiger partial charge in [0.15, 0.2) is 0 Å². The van der Waals surface area contributed by atoms with Crippen molar-refractivity contribution in [3.05, 3.63) is 29.8 Å². The summed E-state index contributed by atoms with van der Waals surface area (Å²) in [6, 6.07) is 8.49. The Balaban J connectivity index is 1.55. The number of methoxy groups -OCH3 is 1. The highest BCUT2D eigenvalue weighted by Crippen LogP contribution is 2.33. The Hall–Kier alpha value is -1.59. The molecule has 1 aromatic rings. The van der Waals surface area contributed by atoms with E-state index >= 15 is 0 Å². The molecule has 3 aliphatic rings. The number of amides is 2. The summed E-state index contributed by atoms with van der Waals surface area (Å²) < 4.78 is 11.5. The number of anilines is 1. The summed E-state index contributed by atoms with van der Waals surface area (Å²) in [4.78, 5) is 17.1. The first-order valence-corrected chi connectivity index (χ1v) is 8.58. The number of carbonyl (C=O) groups is 1. The maximum atomic E-state index is 13.2. The molecule has 0 spiro atoms. The Morgan fingerprint density at radius 2 is 2.13 bits per heavy atom. The smallest absolute Gasteiger partial charge is 0.324 e. The molecule has 5 nitrogen and oxygen atoms in total. The lowest BCUT2D eigenvalue weighted by Gasteiger charge is -2.46. The molecular weight excluding hydrogens is 292 g/mol. The number of morpholine rings is 1. The molecule has 0 aromatic heterocycles. The minimum atomic E-state index is 0.130. The SMILES string of the molecule is COC1CCC2OCCN(C(=O)N3CCc4ccccc43)C2C1. The van der Waals surface area contributed by atoms with Crippen LogP contribution >= 0.6 is 0 Å². The monoisotopic (exact) mass is 316 g/mol. The number of para-hydroxylation sites is 1. The van der Waals surface area contributed by atoms with Crippen molar-refractivity contribution < 1.29 is 14.3 Å². The molecule has 2 aliphatic heterocycles. The zero-order chi connectivity index (χ0) is 15.8. The Bertz CT molecular complexity index is 591. The van der Waals surface area contributed by atoms with Gasteiger partial charge in [0.25, 0.3) is 0 Å². The molecule has 3 atom stereocenters. The van der Waals surface area contributed by atoms with Gasteiger partial charge in [-0.1, -0.05) is 18.2 Å². The average molecular weight is 316 g/mol. The molecule has 1 saturated heterocycles. The third-order valence-electron chi connectivity index (χ3n) is 5.47. The molecule has 0 N–H and O–H groups in total. The van der Waals surface area contributed by atoms with E-state index in [2.05, 4.69) is 12.1 Å². The summed E-state index contributed by atoms with van der Waals surface area (Å²) in [6.45, 7) is 2.09. The van der Waals surface area contributed by atoms with Gasteiger partial charge < -0.3 is 14.4 Å². The fraction of sp³-hybridized carbons (Fsp3) is 0.611. The van der Waals surface area contributed by atoms with Gasteiger partial charge in [0.05, 0.1) is 24.9 Å². The number of carbonyl (C=O) groups excluding carboxylic acids is 1. The number of urea groups is 1. The minimum Gasteiger partial charge on any atom is -0.381 e. The van der Waals surface area contributed by atoms with Crippen LogP contribution in [-0.2, 0) is 15.9 Å². The predicted molar refractivity (Wildman–Crippen MR) is 87.8 cm³/mol. The van der Waals surface area contributed by atoms with Crippen LogP contribution in [0.3, 0.4) is 0 Å². The van der Waals surface area contributed by atoms with E-state index < -0.39 is 0 Å². The summed E-state index contributed by atoms with van der Waals surface area (Å²) >= 11 is 0. The van der Waals surface area contributed by atoms with Gasteiger partial charge in [0.1, 0.15) is 0 Å². The molecule has 1 aliphatic carbocycles. The Morgan fingerprint density at radius 1 is 1.26 bits per heavy atom. The Kier molecular flexibility index (Phi) is 3.99. The predicted octanol–water partition coefficient (Wildman–Crippen LogP) is 2.44. The topological polar surface area (TPSA) is 42.0 Å². The van der Waals surface area contributed by atoms with Crippen LogP contribution in [0.1, 0.15) is 24.8 Å². The van der Waals surface area contributed by atoms with Crippen molar-refractivity contribution in [2.75, 3.05) is 31.7 Å². The van der Waals surface area contributed by atoms with Gasteiger partial charge in [0, 0.05) is 25.9 Å². The van der Waals surface area contributed by atoms with Gasteiger partial charge in [-0.2, -0.15) is 0 Å². The van der Waals surface area contributed by atoms with Crippen molar-refractivity contribution in [1.82, 2.24) is 4.90 Å². The van der Waals surface area contributed by atoms with E-state index in [0.29, 0.717) is 13.2 Å². The molecule has 2 amide bonds. The van der Waals surface area contributed by atoms with E-state index in [0.717, 1.165) is 37.9 Å². The maximum absolute atomic E-state index is 13.2. The second-order valence-electron chi connectivity index (χ2n) is 6.65. The first-order chi connectivity index (χ1) is 11.3. The number of ether oxygens (including phenoxy) is 2. The van der Waals surface area contributed by atoms with Crippen LogP contribution in [0, 0.1) is 0 Å². The second kappa shape index (κ2) is 6.13.